The number of H-pyrrole nitrogens is 2. The molecule has 0 aromatic carbocycles. The molecule has 0 saturated carbocycles. The third-order valence-corrected chi connectivity index (χ3v) is 8.26. The second-order valence-corrected chi connectivity index (χ2v) is 10.8. The number of carbonyl (C=O) groups is 2. The molecule has 10 nitrogen and oxygen atoms in total. The molecule has 0 radical (unpaired) electrons. The number of allylic oxidation sites excluding steroid dienone is 3. The lowest BCUT2D eigenvalue weighted by Gasteiger charge is -2.23. The quantitative estimate of drug-likeness (QED) is 0.320. The van der Waals surface area contributed by atoms with Crippen molar-refractivity contribution in [1.29, 1.82) is 0 Å². The summed E-state index contributed by atoms with van der Waals surface area (Å²) in [5, 5.41) is 31.9. The van der Waals surface area contributed by atoms with E-state index >= 15 is 0 Å². The lowest BCUT2D eigenvalue weighted by molar-refractivity contribution is -0.138. The minimum Gasteiger partial charge on any atom is -0.481 e. The summed E-state index contributed by atoms with van der Waals surface area (Å²) < 4.78 is 6.12. The average Bonchev–Trinajstić information content (AvgIpc) is 3.57. The lowest BCUT2D eigenvalue weighted by Crippen LogP contribution is -2.33. The Hall–Kier alpha value is -4.96. The van der Waals surface area contributed by atoms with Crippen molar-refractivity contribution in [2.45, 2.75) is 59.3 Å². The molecule has 10 heteroatoms. The molecule has 43 heavy (non-hydrogen) atoms. The predicted octanol–water partition coefficient (Wildman–Crippen LogP) is 3.49. The van der Waals surface area contributed by atoms with Crippen LogP contribution in [0.5, 0.6) is 0 Å². The van der Waals surface area contributed by atoms with E-state index in [0.717, 1.165) is 33.5 Å². The van der Waals surface area contributed by atoms with Crippen molar-refractivity contribution >= 4 is 41.8 Å². The maximum absolute atomic E-state index is 11.7. The van der Waals surface area contributed by atoms with E-state index in [0.29, 0.717) is 44.5 Å². The third kappa shape index (κ3) is 5.25. The molecule has 5 heterocycles. The molecule has 2 aromatic heterocycles. The predicted molar refractivity (Wildman–Crippen MR) is 165 cm³/mol. The van der Waals surface area contributed by atoms with Crippen LogP contribution in [0.4, 0.5) is 0 Å². The van der Waals surface area contributed by atoms with E-state index < -0.39 is 17.8 Å². The Labute approximate surface area is 248 Å². The van der Waals surface area contributed by atoms with E-state index in [1.54, 1.807) is 25.2 Å². The van der Waals surface area contributed by atoms with Gasteiger partial charge in [-0.3, -0.25) is 9.59 Å². The number of carboxylic acid groups (broad SMARTS) is 2. The van der Waals surface area contributed by atoms with Gasteiger partial charge in [0.1, 0.15) is 0 Å². The van der Waals surface area contributed by atoms with Gasteiger partial charge in [-0.25, -0.2) is 9.98 Å². The number of nitrogens with one attached hydrogen (secondary N) is 2. The molecule has 2 aromatic rings. The highest BCUT2D eigenvalue weighted by Crippen LogP contribution is 2.37. The van der Waals surface area contributed by atoms with Gasteiger partial charge in [0.25, 0.3) is 0 Å². The van der Waals surface area contributed by atoms with Crippen molar-refractivity contribution in [2.75, 3.05) is 0 Å². The number of fused-ring (bicyclic) bond motifs is 6. The SMILES string of the molecule is C=CC1=C(C)C2=Cc3[nH]c(c(CCC(=O)O)c3C)C=c3[nH]c(c(C)c3CCC(=O)O)=CC3=NC(O)(OC1=N2)C(C)=C3C=C. The van der Waals surface area contributed by atoms with Gasteiger partial charge in [0.15, 0.2) is 0 Å². The summed E-state index contributed by atoms with van der Waals surface area (Å²) in [5.74, 6) is -3.71. The number of aromatic amines is 2. The molecule has 0 saturated heterocycles. The second-order valence-electron chi connectivity index (χ2n) is 10.8. The zero-order valence-corrected chi connectivity index (χ0v) is 24.6. The Kier molecular flexibility index (Phi) is 7.58. The maximum atomic E-state index is 11.7. The Morgan fingerprint density at radius 3 is 2.16 bits per heavy atom. The van der Waals surface area contributed by atoms with Crippen molar-refractivity contribution in [3.63, 3.8) is 0 Å². The van der Waals surface area contributed by atoms with Gasteiger partial charge in [-0.1, -0.05) is 25.3 Å². The number of rotatable bonds is 8. The summed E-state index contributed by atoms with van der Waals surface area (Å²) in [6.07, 6.45) is 9.17. The van der Waals surface area contributed by atoms with E-state index in [1.165, 1.54) is 0 Å². The van der Waals surface area contributed by atoms with Gasteiger partial charge in [-0.05, 0) is 86.6 Å². The number of aromatic nitrogens is 2. The van der Waals surface area contributed by atoms with Gasteiger partial charge in [0, 0.05) is 51.6 Å². The zero-order chi connectivity index (χ0) is 31.2. The third-order valence-electron chi connectivity index (χ3n) is 8.26. The number of nitrogens with zero attached hydrogens (tertiary/aromatic N) is 2. The number of carboxylic acids is 2. The summed E-state index contributed by atoms with van der Waals surface area (Å²) in [4.78, 5) is 39.2. The fraction of sp³-hybridized carbons (Fsp3) is 0.273. The van der Waals surface area contributed by atoms with Crippen molar-refractivity contribution in [3.05, 3.63) is 97.6 Å². The smallest absolute Gasteiger partial charge is 0.336 e. The lowest BCUT2D eigenvalue weighted by atomic mass is 10.0. The van der Waals surface area contributed by atoms with Crippen molar-refractivity contribution in [2.24, 2.45) is 9.98 Å². The summed E-state index contributed by atoms with van der Waals surface area (Å²) >= 11 is 0. The Morgan fingerprint density at radius 1 is 0.884 bits per heavy atom. The second kappa shape index (κ2) is 11.0. The Bertz CT molecular complexity index is 1890. The fourth-order valence-corrected chi connectivity index (χ4v) is 5.71. The van der Waals surface area contributed by atoms with Gasteiger partial charge >= 0.3 is 17.8 Å². The molecule has 5 N–H and O–H groups in total. The molecular weight excluding hydrogens is 548 g/mol. The highest BCUT2D eigenvalue weighted by Gasteiger charge is 2.41. The number of hydrogen-bond donors (Lipinski definition) is 5. The number of hydrogen-bond acceptors (Lipinski definition) is 6. The van der Waals surface area contributed by atoms with Crippen molar-refractivity contribution in [3.8, 4) is 0 Å². The van der Waals surface area contributed by atoms with Gasteiger partial charge < -0.3 is 30.0 Å². The first-order chi connectivity index (χ1) is 20.4. The summed E-state index contributed by atoms with van der Waals surface area (Å²) in [5.41, 5.74) is 8.20. The van der Waals surface area contributed by atoms with E-state index in [-0.39, 0.29) is 31.6 Å². The first kappa shape index (κ1) is 29.5. The van der Waals surface area contributed by atoms with Crippen LogP contribution in [0.1, 0.15) is 60.3 Å². The molecule has 1 unspecified atom stereocenters. The monoisotopic (exact) mass is 582 g/mol. The van der Waals surface area contributed by atoms with Gasteiger partial charge in [0.2, 0.25) is 5.90 Å². The maximum Gasteiger partial charge on any atom is 0.336 e. The van der Waals surface area contributed by atoms with Crippen LogP contribution >= 0.6 is 0 Å². The fourth-order valence-electron chi connectivity index (χ4n) is 5.71. The van der Waals surface area contributed by atoms with Crippen LogP contribution < -0.4 is 10.7 Å². The standard InChI is InChI=1S/C33H34N4O6/c1-7-20-16(3)26-13-24-17(4)22(9-11-30(38)39)27(34-24)15-28-23(10-12-31(40)41)18(5)25(35-28)14-29-21(8-2)19(6)33(42,37-29)43-32(20)36-26/h7-8,13-15,34-35,42H,1-2,9-12H2,3-6H3,(H,38,39)(H,40,41). The van der Waals surface area contributed by atoms with Crippen LogP contribution in [-0.4, -0.2) is 54.7 Å². The van der Waals surface area contributed by atoms with Crippen LogP contribution in [0, 0.1) is 13.8 Å². The van der Waals surface area contributed by atoms with Crippen LogP contribution in [-0.2, 0) is 27.2 Å². The molecule has 5 rings (SSSR count). The van der Waals surface area contributed by atoms with Crippen LogP contribution in [0.3, 0.4) is 0 Å². The van der Waals surface area contributed by atoms with Crippen LogP contribution in [0.2, 0.25) is 0 Å². The summed E-state index contributed by atoms with van der Waals surface area (Å²) in [6, 6.07) is 0. The topological polar surface area (TPSA) is 160 Å². The summed E-state index contributed by atoms with van der Waals surface area (Å²) in [7, 11) is 0. The van der Waals surface area contributed by atoms with Crippen molar-refractivity contribution in [1.82, 2.24) is 9.97 Å². The Balaban J connectivity index is 1.86. The molecule has 0 spiro atoms. The minimum atomic E-state index is -2.05. The minimum absolute atomic E-state index is 0.0612. The molecule has 222 valence electrons. The normalized spacial score (nSPS) is 19.2. The largest absolute Gasteiger partial charge is 0.481 e. The van der Waals surface area contributed by atoms with E-state index in [1.807, 2.05) is 32.9 Å². The number of aliphatic carboxylic acids is 2. The number of aliphatic imine (C=N–C) groups is 2. The molecular formula is C33H34N4O6. The van der Waals surface area contributed by atoms with Gasteiger partial charge in [0.05, 0.1) is 11.4 Å². The molecule has 0 amide bonds. The zero-order valence-electron chi connectivity index (χ0n) is 24.6. The van der Waals surface area contributed by atoms with Crippen LogP contribution in [0.15, 0.2) is 63.3 Å². The molecule has 3 aliphatic heterocycles. The van der Waals surface area contributed by atoms with Crippen molar-refractivity contribution < 1.29 is 29.6 Å². The number of ether oxygens (including phenoxy) is 1. The van der Waals surface area contributed by atoms with E-state index in [9.17, 15) is 24.9 Å². The molecule has 8 bridgehead atoms. The Morgan fingerprint density at radius 2 is 1.53 bits per heavy atom. The first-order valence-corrected chi connectivity index (χ1v) is 13.9. The molecule has 1 atom stereocenters. The highest BCUT2D eigenvalue weighted by molar-refractivity contribution is 6.24. The van der Waals surface area contributed by atoms with E-state index in [4.69, 9.17) is 9.73 Å². The molecule has 0 aliphatic carbocycles. The number of aliphatic hydroxyl groups is 1. The first-order valence-electron chi connectivity index (χ1n) is 13.9. The van der Waals surface area contributed by atoms with Gasteiger partial charge in [-0.2, -0.15) is 0 Å². The van der Waals surface area contributed by atoms with Gasteiger partial charge in [-0.15, -0.1) is 0 Å². The average molecular weight is 583 g/mol. The molecule has 0 fully saturated rings. The van der Waals surface area contributed by atoms with E-state index in [2.05, 4.69) is 28.1 Å². The van der Waals surface area contributed by atoms with Crippen LogP contribution in [0.25, 0.3) is 18.2 Å². The summed E-state index contributed by atoms with van der Waals surface area (Å²) in [6.45, 7) is 15.2. The molecule has 3 aliphatic rings. The highest BCUT2D eigenvalue weighted by atomic mass is 16.6.